The standard InChI is InChI=1S/C17H30N2/c1-6-9-19(7-2)10-8-18-13-17-15(4)11-14(3)12-16(17)5/h11-12,18H,6-10,13H2,1-5H3. The summed E-state index contributed by atoms with van der Waals surface area (Å²) in [6.07, 6.45) is 1.24. The minimum atomic E-state index is 0.988. The normalized spacial score (nSPS) is 11.3. The zero-order valence-electron chi connectivity index (χ0n) is 13.3. The van der Waals surface area contributed by atoms with Crippen LogP contribution in [0.25, 0.3) is 0 Å². The Kier molecular flexibility index (Phi) is 7.11. The monoisotopic (exact) mass is 262 g/mol. The molecule has 1 rings (SSSR count). The molecular weight excluding hydrogens is 232 g/mol. The van der Waals surface area contributed by atoms with Crippen molar-refractivity contribution in [3.8, 4) is 0 Å². The average molecular weight is 262 g/mol. The fourth-order valence-corrected chi connectivity index (χ4v) is 2.68. The fraction of sp³-hybridized carbons (Fsp3) is 0.647. The van der Waals surface area contributed by atoms with Crippen molar-refractivity contribution in [3.05, 3.63) is 34.4 Å². The maximum absolute atomic E-state index is 3.58. The van der Waals surface area contributed by atoms with Gasteiger partial charge in [-0.15, -0.1) is 0 Å². The van der Waals surface area contributed by atoms with Gasteiger partial charge in [-0.3, -0.25) is 0 Å². The van der Waals surface area contributed by atoms with Crippen molar-refractivity contribution < 1.29 is 0 Å². The highest BCUT2D eigenvalue weighted by Gasteiger charge is 2.04. The van der Waals surface area contributed by atoms with Gasteiger partial charge in [0, 0.05) is 19.6 Å². The summed E-state index contributed by atoms with van der Waals surface area (Å²) < 4.78 is 0. The van der Waals surface area contributed by atoms with Crippen LogP contribution in [0.2, 0.25) is 0 Å². The van der Waals surface area contributed by atoms with E-state index in [0.717, 1.165) is 26.2 Å². The van der Waals surface area contributed by atoms with E-state index in [0.29, 0.717) is 0 Å². The Hall–Kier alpha value is -0.860. The third kappa shape index (κ3) is 5.33. The van der Waals surface area contributed by atoms with Gasteiger partial charge in [0.1, 0.15) is 0 Å². The van der Waals surface area contributed by atoms with Gasteiger partial charge in [-0.1, -0.05) is 31.5 Å². The second kappa shape index (κ2) is 8.34. The third-order valence-electron chi connectivity index (χ3n) is 3.73. The van der Waals surface area contributed by atoms with Gasteiger partial charge in [0.2, 0.25) is 0 Å². The number of nitrogens with one attached hydrogen (secondary N) is 1. The molecule has 0 unspecified atom stereocenters. The summed E-state index contributed by atoms with van der Waals surface area (Å²) in [4.78, 5) is 2.50. The molecule has 108 valence electrons. The lowest BCUT2D eigenvalue weighted by Gasteiger charge is -2.20. The second-order valence-corrected chi connectivity index (χ2v) is 5.49. The predicted molar refractivity (Wildman–Crippen MR) is 84.8 cm³/mol. The molecule has 0 atom stereocenters. The van der Waals surface area contributed by atoms with Crippen LogP contribution in [0.15, 0.2) is 12.1 Å². The molecule has 0 saturated heterocycles. The van der Waals surface area contributed by atoms with Crippen LogP contribution < -0.4 is 5.32 Å². The Morgan fingerprint density at radius 2 is 1.63 bits per heavy atom. The molecule has 0 aromatic heterocycles. The van der Waals surface area contributed by atoms with Crippen molar-refractivity contribution in [1.82, 2.24) is 10.2 Å². The molecule has 0 aliphatic carbocycles. The van der Waals surface area contributed by atoms with Crippen LogP contribution in [-0.2, 0) is 6.54 Å². The van der Waals surface area contributed by atoms with Gasteiger partial charge in [-0.25, -0.2) is 0 Å². The van der Waals surface area contributed by atoms with E-state index >= 15 is 0 Å². The Bertz CT molecular complexity index is 362. The average Bonchev–Trinajstić information content (AvgIpc) is 2.35. The summed E-state index contributed by atoms with van der Waals surface area (Å²) in [5, 5.41) is 3.58. The van der Waals surface area contributed by atoms with Crippen molar-refractivity contribution in [1.29, 1.82) is 0 Å². The van der Waals surface area contributed by atoms with Crippen LogP contribution in [0, 0.1) is 20.8 Å². The fourth-order valence-electron chi connectivity index (χ4n) is 2.68. The van der Waals surface area contributed by atoms with Gasteiger partial charge in [-0.05, 0) is 57.0 Å². The SMILES string of the molecule is CCCN(CC)CCNCc1c(C)cc(C)cc1C. The smallest absolute Gasteiger partial charge is 0.0211 e. The molecule has 0 saturated carbocycles. The number of hydrogen-bond acceptors (Lipinski definition) is 2. The molecule has 0 heterocycles. The zero-order chi connectivity index (χ0) is 14.3. The molecule has 1 N–H and O–H groups in total. The summed E-state index contributed by atoms with van der Waals surface area (Å²) in [5.41, 5.74) is 5.64. The van der Waals surface area contributed by atoms with E-state index in [2.05, 4.69) is 57.0 Å². The number of aryl methyl sites for hydroxylation is 3. The van der Waals surface area contributed by atoms with Crippen LogP contribution in [0.1, 0.15) is 42.5 Å². The zero-order valence-corrected chi connectivity index (χ0v) is 13.3. The lowest BCUT2D eigenvalue weighted by molar-refractivity contribution is 0.287. The van der Waals surface area contributed by atoms with Crippen LogP contribution in [0.4, 0.5) is 0 Å². The molecule has 2 heteroatoms. The van der Waals surface area contributed by atoms with E-state index in [1.807, 2.05) is 0 Å². The summed E-state index contributed by atoms with van der Waals surface area (Å²) in [5.74, 6) is 0. The molecule has 0 aliphatic heterocycles. The van der Waals surface area contributed by atoms with Gasteiger partial charge in [0.15, 0.2) is 0 Å². The number of likely N-dealkylation sites (N-methyl/N-ethyl adjacent to an activating group) is 1. The molecule has 2 nitrogen and oxygen atoms in total. The Morgan fingerprint density at radius 1 is 1.00 bits per heavy atom. The van der Waals surface area contributed by atoms with Crippen molar-refractivity contribution in [3.63, 3.8) is 0 Å². The first-order valence-electron chi connectivity index (χ1n) is 7.58. The van der Waals surface area contributed by atoms with Gasteiger partial charge in [0.05, 0.1) is 0 Å². The van der Waals surface area contributed by atoms with Crippen LogP contribution >= 0.6 is 0 Å². The third-order valence-corrected chi connectivity index (χ3v) is 3.73. The summed E-state index contributed by atoms with van der Waals surface area (Å²) in [6, 6.07) is 4.55. The van der Waals surface area contributed by atoms with Crippen LogP contribution in [-0.4, -0.2) is 31.1 Å². The van der Waals surface area contributed by atoms with Gasteiger partial charge in [0.25, 0.3) is 0 Å². The lowest BCUT2D eigenvalue weighted by Crippen LogP contribution is -2.32. The highest BCUT2D eigenvalue weighted by atomic mass is 15.1. The van der Waals surface area contributed by atoms with E-state index < -0.39 is 0 Å². The van der Waals surface area contributed by atoms with E-state index in [9.17, 15) is 0 Å². The van der Waals surface area contributed by atoms with Gasteiger partial charge >= 0.3 is 0 Å². The second-order valence-electron chi connectivity index (χ2n) is 5.49. The summed E-state index contributed by atoms with van der Waals surface area (Å²) in [7, 11) is 0. The van der Waals surface area contributed by atoms with Gasteiger partial charge in [-0.2, -0.15) is 0 Å². The number of benzene rings is 1. The van der Waals surface area contributed by atoms with Crippen molar-refractivity contribution in [2.24, 2.45) is 0 Å². The van der Waals surface area contributed by atoms with Crippen molar-refractivity contribution >= 4 is 0 Å². The Balaban J connectivity index is 2.41. The molecule has 19 heavy (non-hydrogen) atoms. The number of hydrogen-bond donors (Lipinski definition) is 1. The quantitative estimate of drug-likeness (QED) is 0.722. The molecular formula is C17H30N2. The van der Waals surface area contributed by atoms with Crippen molar-refractivity contribution in [2.45, 2.75) is 47.6 Å². The maximum Gasteiger partial charge on any atom is 0.0211 e. The van der Waals surface area contributed by atoms with Gasteiger partial charge < -0.3 is 10.2 Å². The molecule has 0 spiro atoms. The summed E-state index contributed by atoms with van der Waals surface area (Å²) in [6.45, 7) is 16.6. The van der Waals surface area contributed by atoms with E-state index in [1.165, 1.54) is 35.2 Å². The predicted octanol–water partition coefficient (Wildman–Crippen LogP) is 3.43. The largest absolute Gasteiger partial charge is 0.311 e. The Morgan fingerprint density at radius 3 is 2.16 bits per heavy atom. The topological polar surface area (TPSA) is 15.3 Å². The number of rotatable bonds is 8. The van der Waals surface area contributed by atoms with Crippen molar-refractivity contribution in [2.75, 3.05) is 26.2 Å². The molecule has 1 aromatic carbocycles. The van der Waals surface area contributed by atoms with E-state index in [4.69, 9.17) is 0 Å². The molecule has 0 bridgehead atoms. The maximum atomic E-state index is 3.58. The Labute approximate surface area is 119 Å². The molecule has 0 fully saturated rings. The van der Waals surface area contributed by atoms with E-state index in [1.54, 1.807) is 0 Å². The first-order chi connectivity index (χ1) is 9.08. The van der Waals surface area contributed by atoms with E-state index in [-0.39, 0.29) is 0 Å². The molecule has 0 radical (unpaired) electrons. The minimum Gasteiger partial charge on any atom is -0.311 e. The highest BCUT2D eigenvalue weighted by Crippen LogP contribution is 2.15. The molecule has 1 aromatic rings. The first-order valence-corrected chi connectivity index (χ1v) is 7.58. The van der Waals surface area contributed by atoms with Crippen LogP contribution in [0.5, 0.6) is 0 Å². The minimum absolute atomic E-state index is 0.988. The lowest BCUT2D eigenvalue weighted by atomic mass is 10.00. The summed E-state index contributed by atoms with van der Waals surface area (Å²) >= 11 is 0. The van der Waals surface area contributed by atoms with Crippen LogP contribution in [0.3, 0.4) is 0 Å². The molecule has 0 aliphatic rings. The highest BCUT2D eigenvalue weighted by molar-refractivity contribution is 5.37. The first kappa shape index (κ1) is 16.2. The number of nitrogens with zero attached hydrogens (tertiary/aromatic N) is 1. The molecule has 0 amide bonds.